The number of anilines is 1. The summed E-state index contributed by atoms with van der Waals surface area (Å²) < 4.78 is 18.8. The second kappa shape index (κ2) is 5.31. The normalized spacial score (nSPS) is 10.5. The highest BCUT2D eigenvalue weighted by Crippen LogP contribution is 2.25. The molecule has 0 saturated carbocycles. The fourth-order valence-electron chi connectivity index (χ4n) is 1.98. The van der Waals surface area contributed by atoms with Gasteiger partial charge in [0.25, 0.3) is 0 Å². The largest absolute Gasteiger partial charge is 0.489 e. The van der Waals surface area contributed by atoms with E-state index in [9.17, 15) is 4.39 Å². The molecule has 2 N–H and O–H groups in total. The predicted octanol–water partition coefficient (Wildman–Crippen LogP) is 3.91. The number of hydrogen-bond donors (Lipinski definition) is 1. The first-order chi connectivity index (χ1) is 8.97. The van der Waals surface area contributed by atoms with Crippen molar-refractivity contribution in [3.8, 4) is 5.75 Å². The standard InChI is InChI=1S/C16H18FNO/c1-10-7-14(17)5-4-13(10)9-19-16-8-15(18)11(2)6-12(16)3/h4-8H,9,18H2,1-3H3. The highest BCUT2D eigenvalue weighted by molar-refractivity contribution is 5.54. The third kappa shape index (κ3) is 3.05. The van der Waals surface area contributed by atoms with Crippen LogP contribution in [0.25, 0.3) is 0 Å². The van der Waals surface area contributed by atoms with E-state index in [-0.39, 0.29) is 5.82 Å². The van der Waals surface area contributed by atoms with Crippen LogP contribution in [0, 0.1) is 26.6 Å². The van der Waals surface area contributed by atoms with Crippen molar-refractivity contribution in [1.82, 2.24) is 0 Å². The number of hydrogen-bond acceptors (Lipinski definition) is 2. The number of benzene rings is 2. The number of ether oxygens (including phenoxy) is 1. The molecule has 2 nitrogen and oxygen atoms in total. The lowest BCUT2D eigenvalue weighted by Crippen LogP contribution is -2.01. The Morgan fingerprint density at radius 2 is 1.74 bits per heavy atom. The number of halogens is 1. The Balaban J connectivity index is 2.16. The molecular formula is C16H18FNO. The van der Waals surface area contributed by atoms with E-state index in [0.29, 0.717) is 6.61 Å². The maximum absolute atomic E-state index is 13.0. The van der Waals surface area contributed by atoms with Gasteiger partial charge >= 0.3 is 0 Å². The van der Waals surface area contributed by atoms with Crippen molar-refractivity contribution in [1.29, 1.82) is 0 Å². The van der Waals surface area contributed by atoms with Crippen molar-refractivity contribution in [2.45, 2.75) is 27.4 Å². The van der Waals surface area contributed by atoms with E-state index in [1.54, 1.807) is 6.07 Å². The Morgan fingerprint density at radius 3 is 2.42 bits per heavy atom. The van der Waals surface area contributed by atoms with Crippen LogP contribution in [0.15, 0.2) is 30.3 Å². The van der Waals surface area contributed by atoms with Crippen LogP contribution in [-0.2, 0) is 6.61 Å². The molecule has 3 heteroatoms. The molecule has 0 aliphatic carbocycles. The Hall–Kier alpha value is -2.03. The van der Waals surface area contributed by atoms with Crippen LogP contribution in [0.4, 0.5) is 10.1 Å². The minimum absolute atomic E-state index is 0.225. The molecular weight excluding hydrogens is 241 g/mol. The second-order valence-corrected chi connectivity index (χ2v) is 4.83. The molecule has 19 heavy (non-hydrogen) atoms. The molecule has 0 fully saturated rings. The van der Waals surface area contributed by atoms with Crippen molar-refractivity contribution in [3.63, 3.8) is 0 Å². The van der Waals surface area contributed by atoms with Gasteiger partial charge in [-0.1, -0.05) is 12.1 Å². The van der Waals surface area contributed by atoms with Crippen molar-refractivity contribution in [2.24, 2.45) is 0 Å². The summed E-state index contributed by atoms with van der Waals surface area (Å²) in [6.45, 7) is 6.24. The Morgan fingerprint density at radius 1 is 1.00 bits per heavy atom. The zero-order chi connectivity index (χ0) is 14.0. The van der Waals surface area contributed by atoms with Crippen molar-refractivity contribution in [3.05, 3.63) is 58.4 Å². The summed E-state index contributed by atoms with van der Waals surface area (Å²) in [6.07, 6.45) is 0. The van der Waals surface area contributed by atoms with E-state index in [2.05, 4.69) is 0 Å². The lowest BCUT2D eigenvalue weighted by atomic mass is 10.1. The number of aryl methyl sites for hydroxylation is 3. The summed E-state index contributed by atoms with van der Waals surface area (Å²) in [5.74, 6) is 0.545. The second-order valence-electron chi connectivity index (χ2n) is 4.83. The van der Waals surface area contributed by atoms with Gasteiger partial charge in [0.05, 0.1) is 0 Å². The minimum atomic E-state index is -0.225. The number of nitrogens with two attached hydrogens (primary N) is 1. The zero-order valence-corrected chi connectivity index (χ0v) is 11.5. The fourth-order valence-corrected chi connectivity index (χ4v) is 1.98. The average Bonchev–Trinajstić information content (AvgIpc) is 2.34. The molecule has 2 rings (SSSR count). The van der Waals surface area contributed by atoms with Crippen LogP contribution >= 0.6 is 0 Å². The summed E-state index contributed by atoms with van der Waals surface area (Å²) in [6, 6.07) is 8.54. The SMILES string of the molecule is Cc1cc(C)c(OCc2ccc(F)cc2C)cc1N. The fraction of sp³-hybridized carbons (Fsp3) is 0.250. The lowest BCUT2D eigenvalue weighted by Gasteiger charge is -2.13. The van der Waals surface area contributed by atoms with Gasteiger partial charge in [0.2, 0.25) is 0 Å². The van der Waals surface area contributed by atoms with E-state index in [4.69, 9.17) is 10.5 Å². The van der Waals surface area contributed by atoms with Crippen molar-refractivity contribution in [2.75, 3.05) is 5.73 Å². The molecule has 2 aromatic rings. The summed E-state index contributed by atoms with van der Waals surface area (Å²) in [5.41, 5.74) is 10.5. The van der Waals surface area contributed by atoms with Crippen LogP contribution in [0.5, 0.6) is 5.75 Å². The third-order valence-electron chi connectivity index (χ3n) is 3.25. The van der Waals surface area contributed by atoms with E-state index < -0.39 is 0 Å². The van der Waals surface area contributed by atoms with E-state index in [1.807, 2.05) is 32.9 Å². The van der Waals surface area contributed by atoms with Gasteiger partial charge < -0.3 is 10.5 Å². The average molecular weight is 259 g/mol. The third-order valence-corrected chi connectivity index (χ3v) is 3.25. The molecule has 0 saturated heterocycles. The van der Waals surface area contributed by atoms with Crippen molar-refractivity contribution >= 4 is 5.69 Å². The van der Waals surface area contributed by atoms with Crippen LogP contribution in [0.3, 0.4) is 0 Å². The van der Waals surface area contributed by atoms with E-state index in [1.165, 1.54) is 12.1 Å². The Bertz CT molecular complexity index is 608. The monoisotopic (exact) mass is 259 g/mol. The van der Waals surface area contributed by atoms with Crippen LogP contribution in [-0.4, -0.2) is 0 Å². The summed E-state index contributed by atoms with van der Waals surface area (Å²) in [5, 5.41) is 0. The van der Waals surface area contributed by atoms with Gasteiger partial charge in [0.15, 0.2) is 0 Å². The zero-order valence-electron chi connectivity index (χ0n) is 11.5. The van der Waals surface area contributed by atoms with E-state index >= 15 is 0 Å². The van der Waals surface area contributed by atoms with Crippen molar-refractivity contribution < 1.29 is 9.13 Å². The van der Waals surface area contributed by atoms with Gasteiger partial charge in [-0.2, -0.15) is 0 Å². The first-order valence-corrected chi connectivity index (χ1v) is 6.22. The molecule has 0 radical (unpaired) electrons. The molecule has 0 spiro atoms. The molecule has 0 heterocycles. The first kappa shape index (κ1) is 13.4. The van der Waals surface area contributed by atoms with E-state index in [0.717, 1.165) is 33.7 Å². The highest BCUT2D eigenvalue weighted by atomic mass is 19.1. The maximum atomic E-state index is 13.0. The highest BCUT2D eigenvalue weighted by Gasteiger charge is 2.05. The van der Waals surface area contributed by atoms with Gasteiger partial charge in [-0.05, 0) is 55.2 Å². The maximum Gasteiger partial charge on any atom is 0.124 e. The molecule has 2 aromatic carbocycles. The first-order valence-electron chi connectivity index (χ1n) is 6.22. The Labute approximate surface area is 113 Å². The van der Waals surface area contributed by atoms with Gasteiger partial charge in [0.1, 0.15) is 18.2 Å². The molecule has 0 unspecified atom stereocenters. The van der Waals surface area contributed by atoms with Gasteiger partial charge in [-0.15, -0.1) is 0 Å². The molecule has 0 aliphatic heterocycles. The van der Waals surface area contributed by atoms with Gasteiger partial charge in [0, 0.05) is 11.8 Å². The molecule has 0 aromatic heterocycles. The Kier molecular flexibility index (Phi) is 3.74. The minimum Gasteiger partial charge on any atom is -0.489 e. The number of nitrogen functional groups attached to an aromatic ring is 1. The molecule has 0 aliphatic rings. The van der Waals surface area contributed by atoms with Crippen LogP contribution in [0.2, 0.25) is 0 Å². The summed E-state index contributed by atoms with van der Waals surface area (Å²) >= 11 is 0. The van der Waals surface area contributed by atoms with Gasteiger partial charge in [-0.3, -0.25) is 0 Å². The summed E-state index contributed by atoms with van der Waals surface area (Å²) in [7, 11) is 0. The predicted molar refractivity (Wildman–Crippen MR) is 75.8 cm³/mol. The number of rotatable bonds is 3. The molecule has 0 atom stereocenters. The smallest absolute Gasteiger partial charge is 0.124 e. The molecule has 0 amide bonds. The van der Waals surface area contributed by atoms with Crippen LogP contribution < -0.4 is 10.5 Å². The topological polar surface area (TPSA) is 35.2 Å². The molecule has 100 valence electrons. The van der Waals surface area contributed by atoms with Crippen LogP contribution in [0.1, 0.15) is 22.3 Å². The summed E-state index contributed by atoms with van der Waals surface area (Å²) in [4.78, 5) is 0. The van der Waals surface area contributed by atoms with Gasteiger partial charge in [-0.25, -0.2) is 4.39 Å². The lowest BCUT2D eigenvalue weighted by molar-refractivity contribution is 0.303. The molecule has 0 bridgehead atoms. The quantitative estimate of drug-likeness (QED) is 0.848.